The summed E-state index contributed by atoms with van der Waals surface area (Å²) < 4.78 is 20.9. The van der Waals surface area contributed by atoms with Gasteiger partial charge in [-0.25, -0.2) is 4.39 Å². The van der Waals surface area contributed by atoms with Gasteiger partial charge in [-0.05, 0) is 53.9 Å². The summed E-state index contributed by atoms with van der Waals surface area (Å²) in [5.41, 5.74) is 9.63. The highest BCUT2D eigenvalue weighted by atomic mass is 79.9. The molecule has 0 saturated heterocycles. The molecule has 0 spiro atoms. The van der Waals surface area contributed by atoms with Crippen LogP contribution in [0, 0.1) is 12.7 Å². The van der Waals surface area contributed by atoms with E-state index < -0.39 is 17.5 Å². The Labute approximate surface area is 165 Å². The predicted molar refractivity (Wildman–Crippen MR) is 106 cm³/mol. The van der Waals surface area contributed by atoms with Crippen molar-refractivity contribution in [2.75, 3.05) is 7.11 Å². The smallest absolute Gasteiger partial charge is 0.165 e. The SMILES string of the molecule is COc1c(C)cc(C2(c3cccc(Br)c3)NC(N)c3ncccc32)cc1F. The summed E-state index contributed by atoms with van der Waals surface area (Å²) in [5.74, 6) is -0.161. The minimum Gasteiger partial charge on any atom is -0.493 e. The first kappa shape index (κ1) is 18.1. The highest BCUT2D eigenvalue weighted by Gasteiger charge is 2.46. The van der Waals surface area contributed by atoms with Crippen LogP contribution in [0.3, 0.4) is 0 Å². The van der Waals surface area contributed by atoms with E-state index in [2.05, 4.69) is 26.2 Å². The Morgan fingerprint density at radius 1 is 1.19 bits per heavy atom. The lowest BCUT2D eigenvalue weighted by molar-refractivity contribution is 0.380. The molecule has 2 atom stereocenters. The van der Waals surface area contributed by atoms with Gasteiger partial charge in [0.25, 0.3) is 0 Å². The second-order valence-corrected chi connectivity index (χ2v) is 7.54. The zero-order valence-corrected chi connectivity index (χ0v) is 16.5. The molecule has 6 heteroatoms. The van der Waals surface area contributed by atoms with Gasteiger partial charge < -0.3 is 10.5 Å². The lowest BCUT2D eigenvalue weighted by Crippen LogP contribution is -2.42. The van der Waals surface area contributed by atoms with E-state index in [0.29, 0.717) is 0 Å². The lowest BCUT2D eigenvalue weighted by atomic mass is 9.78. The van der Waals surface area contributed by atoms with Gasteiger partial charge in [-0.2, -0.15) is 0 Å². The van der Waals surface area contributed by atoms with Crippen LogP contribution in [-0.2, 0) is 5.54 Å². The zero-order valence-electron chi connectivity index (χ0n) is 15.0. The van der Waals surface area contributed by atoms with E-state index in [1.807, 2.05) is 49.4 Å². The molecule has 4 rings (SSSR count). The van der Waals surface area contributed by atoms with E-state index in [1.54, 1.807) is 6.20 Å². The molecule has 2 heterocycles. The number of benzene rings is 2. The van der Waals surface area contributed by atoms with Gasteiger partial charge in [0.05, 0.1) is 18.3 Å². The van der Waals surface area contributed by atoms with Crippen molar-refractivity contribution in [2.24, 2.45) is 5.73 Å². The van der Waals surface area contributed by atoms with Crippen LogP contribution in [0.1, 0.15) is 34.1 Å². The Morgan fingerprint density at radius 2 is 2.00 bits per heavy atom. The molecule has 1 aliphatic heterocycles. The van der Waals surface area contributed by atoms with Crippen molar-refractivity contribution in [2.45, 2.75) is 18.6 Å². The lowest BCUT2D eigenvalue weighted by Gasteiger charge is -2.33. The third kappa shape index (κ3) is 2.76. The highest BCUT2D eigenvalue weighted by Crippen LogP contribution is 2.46. The molecule has 0 radical (unpaired) electrons. The molecule has 0 aliphatic carbocycles. The number of halogens is 2. The summed E-state index contributed by atoms with van der Waals surface area (Å²) in [6.07, 6.45) is 1.25. The van der Waals surface area contributed by atoms with Crippen molar-refractivity contribution in [3.05, 3.63) is 93.0 Å². The molecule has 3 aromatic rings. The van der Waals surface area contributed by atoms with Crippen molar-refractivity contribution < 1.29 is 9.13 Å². The summed E-state index contributed by atoms with van der Waals surface area (Å²) in [7, 11) is 1.47. The number of hydrogen-bond donors (Lipinski definition) is 2. The average molecular weight is 428 g/mol. The molecule has 2 aromatic carbocycles. The molecule has 4 nitrogen and oxygen atoms in total. The maximum Gasteiger partial charge on any atom is 0.165 e. The number of nitrogens with one attached hydrogen (secondary N) is 1. The van der Waals surface area contributed by atoms with Gasteiger partial charge in [0.15, 0.2) is 11.6 Å². The quantitative estimate of drug-likeness (QED) is 0.658. The third-order valence-corrected chi connectivity index (χ3v) is 5.53. The Balaban J connectivity index is 2.06. The highest BCUT2D eigenvalue weighted by molar-refractivity contribution is 9.10. The van der Waals surface area contributed by atoms with E-state index in [1.165, 1.54) is 13.2 Å². The number of ether oxygens (including phenoxy) is 1. The topological polar surface area (TPSA) is 60.2 Å². The molecule has 1 aromatic heterocycles. The molecular formula is C21H19BrFN3O. The van der Waals surface area contributed by atoms with Gasteiger partial charge in [0, 0.05) is 16.2 Å². The first-order valence-electron chi connectivity index (χ1n) is 8.56. The van der Waals surface area contributed by atoms with E-state index in [9.17, 15) is 4.39 Å². The molecule has 2 unspecified atom stereocenters. The van der Waals surface area contributed by atoms with Crippen LogP contribution < -0.4 is 15.8 Å². The fourth-order valence-electron chi connectivity index (χ4n) is 3.93. The van der Waals surface area contributed by atoms with Gasteiger partial charge in [-0.15, -0.1) is 0 Å². The van der Waals surface area contributed by atoms with Gasteiger partial charge in [0.1, 0.15) is 6.17 Å². The van der Waals surface area contributed by atoms with Crippen molar-refractivity contribution in [3.63, 3.8) is 0 Å². The third-order valence-electron chi connectivity index (χ3n) is 5.03. The fourth-order valence-corrected chi connectivity index (χ4v) is 4.33. The van der Waals surface area contributed by atoms with E-state index >= 15 is 0 Å². The van der Waals surface area contributed by atoms with E-state index in [0.717, 1.165) is 32.4 Å². The van der Waals surface area contributed by atoms with E-state index in [-0.39, 0.29) is 5.75 Å². The summed E-state index contributed by atoms with van der Waals surface area (Å²) in [4.78, 5) is 4.47. The Hall–Kier alpha value is -2.28. The van der Waals surface area contributed by atoms with Crippen molar-refractivity contribution in [1.29, 1.82) is 0 Å². The van der Waals surface area contributed by atoms with Gasteiger partial charge >= 0.3 is 0 Å². The fraction of sp³-hybridized carbons (Fsp3) is 0.190. The average Bonchev–Trinajstić information content (AvgIpc) is 2.96. The molecule has 0 bridgehead atoms. The number of nitrogens with zero attached hydrogens (tertiary/aromatic N) is 1. The maximum atomic E-state index is 14.8. The van der Waals surface area contributed by atoms with Crippen LogP contribution in [0.4, 0.5) is 4.39 Å². The number of aromatic nitrogens is 1. The number of aryl methyl sites for hydroxylation is 1. The first-order chi connectivity index (χ1) is 13.0. The van der Waals surface area contributed by atoms with E-state index in [4.69, 9.17) is 10.5 Å². The zero-order chi connectivity index (χ0) is 19.2. The number of methoxy groups -OCH3 is 1. The predicted octanol–water partition coefficient (Wildman–Crippen LogP) is 4.15. The first-order valence-corrected chi connectivity index (χ1v) is 9.36. The maximum absolute atomic E-state index is 14.8. The normalized spacial score (nSPS) is 21.1. The molecule has 27 heavy (non-hydrogen) atoms. The van der Waals surface area contributed by atoms with Gasteiger partial charge in [0.2, 0.25) is 0 Å². The van der Waals surface area contributed by atoms with Crippen LogP contribution in [0.2, 0.25) is 0 Å². The van der Waals surface area contributed by atoms with Crippen molar-refractivity contribution in [3.8, 4) is 5.75 Å². The summed E-state index contributed by atoms with van der Waals surface area (Å²) >= 11 is 3.54. The van der Waals surface area contributed by atoms with Crippen LogP contribution in [0.15, 0.2) is 59.2 Å². The Kier molecular flexibility index (Phi) is 4.50. The van der Waals surface area contributed by atoms with Gasteiger partial charge in [-0.3, -0.25) is 10.3 Å². The second kappa shape index (κ2) is 6.71. The van der Waals surface area contributed by atoms with Crippen molar-refractivity contribution >= 4 is 15.9 Å². The summed E-state index contributed by atoms with van der Waals surface area (Å²) in [5, 5.41) is 3.47. The monoisotopic (exact) mass is 427 g/mol. The minimum absolute atomic E-state index is 0.247. The Bertz CT molecular complexity index is 1000. The standard InChI is InChI=1S/C21H19BrFN3O/c1-12-9-14(11-17(23)19(12)27-2)21(13-5-3-6-15(22)10-13)16-7-4-8-25-18(16)20(24)26-21/h3-11,20,26H,24H2,1-2H3. The molecule has 138 valence electrons. The molecular weight excluding hydrogens is 409 g/mol. The molecule has 1 aliphatic rings. The number of nitrogens with two attached hydrogens (primary N) is 1. The number of rotatable bonds is 3. The largest absolute Gasteiger partial charge is 0.493 e. The molecule has 3 N–H and O–H groups in total. The van der Waals surface area contributed by atoms with Crippen LogP contribution in [-0.4, -0.2) is 12.1 Å². The molecule has 0 saturated carbocycles. The second-order valence-electron chi connectivity index (χ2n) is 6.63. The van der Waals surface area contributed by atoms with Crippen LogP contribution in [0.25, 0.3) is 0 Å². The van der Waals surface area contributed by atoms with Crippen LogP contribution >= 0.6 is 15.9 Å². The van der Waals surface area contributed by atoms with Crippen LogP contribution in [0.5, 0.6) is 5.75 Å². The van der Waals surface area contributed by atoms with Gasteiger partial charge in [-0.1, -0.05) is 34.1 Å². The number of hydrogen-bond acceptors (Lipinski definition) is 4. The van der Waals surface area contributed by atoms with Crippen molar-refractivity contribution in [1.82, 2.24) is 10.3 Å². The molecule has 0 amide bonds. The summed E-state index contributed by atoms with van der Waals surface area (Å²) in [6.45, 7) is 1.83. The Morgan fingerprint density at radius 3 is 2.70 bits per heavy atom. The number of fused-ring (bicyclic) bond motifs is 1. The molecule has 0 fully saturated rings. The summed E-state index contributed by atoms with van der Waals surface area (Å²) in [6, 6.07) is 15.2. The minimum atomic E-state index is -0.815. The number of pyridine rings is 1.